The molecule has 0 spiro atoms. The fourth-order valence-electron chi connectivity index (χ4n) is 0.837. The van der Waals surface area contributed by atoms with Gasteiger partial charge in [-0.1, -0.05) is 32.9 Å². The molecule has 0 bridgehead atoms. The van der Waals surface area contributed by atoms with Gasteiger partial charge in [0.15, 0.2) is 0 Å². The van der Waals surface area contributed by atoms with Crippen LogP contribution in [0.2, 0.25) is 0 Å². The molecular formula is C11H17N. The second-order valence-corrected chi connectivity index (χ2v) is 2.18. The standard InChI is InChI=1S/C9H11N.C2H6/c1-3-8-4-6-9(10-2)7-5-8;1-2/h4-7H,2-3H2,1H3;1-2H3. The Morgan fingerprint density at radius 1 is 1.17 bits per heavy atom. The first-order valence-electron chi connectivity index (χ1n) is 4.42. The fraction of sp³-hybridized carbons (Fsp3) is 0.364. The first kappa shape index (κ1) is 10.9. The van der Waals surface area contributed by atoms with E-state index in [1.54, 1.807) is 0 Å². The highest BCUT2D eigenvalue weighted by Crippen LogP contribution is 2.11. The van der Waals surface area contributed by atoms with Crippen LogP contribution in [0.15, 0.2) is 29.3 Å². The van der Waals surface area contributed by atoms with Crippen LogP contribution in [-0.2, 0) is 6.42 Å². The van der Waals surface area contributed by atoms with Gasteiger partial charge in [-0.2, -0.15) is 0 Å². The number of hydrogen-bond donors (Lipinski definition) is 0. The van der Waals surface area contributed by atoms with Gasteiger partial charge in [-0.3, -0.25) is 4.99 Å². The summed E-state index contributed by atoms with van der Waals surface area (Å²) in [4.78, 5) is 3.80. The summed E-state index contributed by atoms with van der Waals surface area (Å²) in [5.74, 6) is 0. The molecule has 0 aromatic heterocycles. The Kier molecular flexibility index (Phi) is 5.98. The van der Waals surface area contributed by atoms with E-state index in [4.69, 9.17) is 0 Å². The van der Waals surface area contributed by atoms with Crippen molar-refractivity contribution in [3.63, 3.8) is 0 Å². The summed E-state index contributed by atoms with van der Waals surface area (Å²) in [5, 5.41) is 0. The zero-order valence-electron chi connectivity index (χ0n) is 8.17. The number of aliphatic imine (C=N–C) groups is 1. The van der Waals surface area contributed by atoms with Gasteiger partial charge in [-0.05, 0) is 30.8 Å². The fourth-order valence-corrected chi connectivity index (χ4v) is 0.837. The van der Waals surface area contributed by atoms with Crippen molar-refractivity contribution in [3.05, 3.63) is 29.8 Å². The highest BCUT2D eigenvalue weighted by Gasteiger charge is 1.87. The highest BCUT2D eigenvalue weighted by atomic mass is 14.7. The van der Waals surface area contributed by atoms with Crippen LogP contribution < -0.4 is 0 Å². The summed E-state index contributed by atoms with van der Waals surface area (Å²) in [7, 11) is 0. The molecule has 1 aromatic carbocycles. The zero-order valence-corrected chi connectivity index (χ0v) is 8.17. The maximum absolute atomic E-state index is 3.80. The number of rotatable bonds is 2. The lowest BCUT2D eigenvalue weighted by Crippen LogP contribution is -1.75. The van der Waals surface area contributed by atoms with Gasteiger partial charge in [0.05, 0.1) is 5.69 Å². The normalized spacial score (nSPS) is 8.25. The molecule has 0 heterocycles. The summed E-state index contributed by atoms with van der Waals surface area (Å²) < 4.78 is 0. The van der Waals surface area contributed by atoms with Gasteiger partial charge in [0.1, 0.15) is 0 Å². The molecule has 0 aliphatic carbocycles. The maximum atomic E-state index is 3.80. The molecule has 0 aliphatic rings. The summed E-state index contributed by atoms with van der Waals surface area (Å²) in [6.45, 7) is 9.57. The summed E-state index contributed by atoms with van der Waals surface area (Å²) >= 11 is 0. The van der Waals surface area contributed by atoms with Crippen molar-refractivity contribution >= 4 is 12.4 Å². The number of nitrogens with zero attached hydrogens (tertiary/aromatic N) is 1. The van der Waals surface area contributed by atoms with E-state index in [0.29, 0.717) is 0 Å². The lowest BCUT2D eigenvalue weighted by Gasteiger charge is -1.94. The van der Waals surface area contributed by atoms with Crippen molar-refractivity contribution < 1.29 is 0 Å². The van der Waals surface area contributed by atoms with Crippen LogP contribution in [0, 0.1) is 0 Å². The largest absolute Gasteiger partial charge is 0.265 e. The van der Waals surface area contributed by atoms with Gasteiger partial charge in [-0.25, -0.2) is 0 Å². The molecule has 1 rings (SSSR count). The molecule has 0 unspecified atom stereocenters. The predicted molar refractivity (Wildman–Crippen MR) is 56.4 cm³/mol. The molecule has 0 saturated heterocycles. The van der Waals surface area contributed by atoms with Gasteiger partial charge in [0, 0.05) is 0 Å². The molecule has 0 amide bonds. The Balaban J connectivity index is 0.000000561. The first-order chi connectivity index (χ1) is 5.86. The lowest BCUT2D eigenvalue weighted by atomic mass is 10.2. The average molecular weight is 163 g/mol. The van der Waals surface area contributed by atoms with Crippen LogP contribution in [0.25, 0.3) is 0 Å². The van der Waals surface area contributed by atoms with Crippen molar-refractivity contribution in [2.45, 2.75) is 27.2 Å². The zero-order chi connectivity index (χ0) is 9.40. The van der Waals surface area contributed by atoms with Crippen molar-refractivity contribution in [1.82, 2.24) is 0 Å². The quantitative estimate of drug-likeness (QED) is 0.591. The third kappa shape index (κ3) is 3.33. The van der Waals surface area contributed by atoms with Gasteiger partial charge in [-0.15, -0.1) is 0 Å². The van der Waals surface area contributed by atoms with Crippen molar-refractivity contribution in [1.29, 1.82) is 0 Å². The Morgan fingerprint density at radius 2 is 1.67 bits per heavy atom. The monoisotopic (exact) mass is 163 g/mol. The predicted octanol–water partition coefficient (Wildman–Crippen LogP) is 3.61. The van der Waals surface area contributed by atoms with Crippen LogP contribution in [0.5, 0.6) is 0 Å². The third-order valence-corrected chi connectivity index (χ3v) is 1.53. The minimum atomic E-state index is 0.942. The van der Waals surface area contributed by atoms with Gasteiger partial charge >= 0.3 is 0 Å². The number of aryl methyl sites for hydroxylation is 1. The van der Waals surface area contributed by atoms with E-state index < -0.39 is 0 Å². The Hall–Kier alpha value is -1.11. The molecule has 0 aliphatic heterocycles. The molecular weight excluding hydrogens is 146 g/mol. The number of hydrogen-bond acceptors (Lipinski definition) is 1. The average Bonchev–Trinajstić information content (AvgIpc) is 2.21. The summed E-state index contributed by atoms with van der Waals surface area (Å²) in [6.07, 6.45) is 1.08. The van der Waals surface area contributed by atoms with E-state index in [9.17, 15) is 0 Å². The smallest absolute Gasteiger partial charge is 0.0622 e. The Bertz CT molecular complexity index is 211. The van der Waals surface area contributed by atoms with E-state index in [2.05, 4.69) is 30.8 Å². The van der Waals surface area contributed by atoms with E-state index in [-0.39, 0.29) is 0 Å². The second kappa shape index (κ2) is 6.59. The van der Waals surface area contributed by atoms with E-state index >= 15 is 0 Å². The first-order valence-corrected chi connectivity index (χ1v) is 4.42. The molecule has 1 nitrogen and oxygen atoms in total. The van der Waals surface area contributed by atoms with Gasteiger partial charge < -0.3 is 0 Å². The third-order valence-electron chi connectivity index (χ3n) is 1.53. The summed E-state index contributed by atoms with van der Waals surface area (Å²) in [6, 6.07) is 8.10. The van der Waals surface area contributed by atoms with Crippen molar-refractivity contribution in [2.75, 3.05) is 0 Å². The molecule has 0 atom stereocenters. The molecule has 1 aromatic rings. The molecule has 66 valence electrons. The van der Waals surface area contributed by atoms with E-state index in [1.807, 2.05) is 26.0 Å². The lowest BCUT2D eigenvalue weighted by molar-refractivity contribution is 1.14. The van der Waals surface area contributed by atoms with E-state index in [0.717, 1.165) is 12.1 Å². The van der Waals surface area contributed by atoms with Gasteiger partial charge in [0.25, 0.3) is 0 Å². The maximum Gasteiger partial charge on any atom is 0.0622 e. The van der Waals surface area contributed by atoms with Crippen LogP contribution in [0.4, 0.5) is 5.69 Å². The molecule has 12 heavy (non-hydrogen) atoms. The van der Waals surface area contributed by atoms with Crippen LogP contribution >= 0.6 is 0 Å². The Morgan fingerprint density at radius 3 is 2.00 bits per heavy atom. The topological polar surface area (TPSA) is 12.4 Å². The van der Waals surface area contributed by atoms with E-state index in [1.165, 1.54) is 5.56 Å². The van der Waals surface area contributed by atoms with Gasteiger partial charge in [0.2, 0.25) is 0 Å². The summed E-state index contributed by atoms with van der Waals surface area (Å²) in [5.41, 5.74) is 2.28. The highest BCUT2D eigenvalue weighted by molar-refractivity contribution is 5.45. The molecule has 1 heteroatoms. The van der Waals surface area contributed by atoms with Crippen molar-refractivity contribution in [2.24, 2.45) is 4.99 Å². The van der Waals surface area contributed by atoms with Crippen LogP contribution in [0.3, 0.4) is 0 Å². The number of benzene rings is 1. The molecule has 0 N–H and O–H groups in total. The molecule has 0 fully saturated rings. The second-order valence-electron chi connectivity index (χ2n) is 2.18. The Labute approximate surface area is 75.2 Å². The SMILES string of the molecule is C=Nc1ccc(CC)cc1.CC. The minimum absolute atomic E-state index is 0.942. The van der Waals surface area contributed by atoms with Crippen LogP contribution in [0.1, 0.15) is 26.3 Å². The molecule has 0 saturated carbocycles. The minimum Gasteiger partial charge on any atom is -0.265 e. The van der Waals surface area contributed by atoms with Crippen molar-refractivity contribution in [3.8, 4) is 0 Å². The molecule has 0 radical (unpaired) electrons. The van der Waals surface area contributed by atoms with Crippen LogP contribution in [-0.4, -0.2) is 6.72 Å².